The van der Waals surface area contributed by atoms with Crippen LogP contribution in [0.25, 0.3) is 0 Å². The third-order valence-corrected chi connectivity index (χ3v) is 11.5. The molecule has 10 heteroatoms. The second kappa shape index (κ2) is 13.4. The van der Waals surface area contributed by atoms with Crippen LogP contribution >= 0.6 is 11.8 Å². The molecule has 2 aromatic rings. The predicted molar refractivity (Wildman–Crippen MR) is 176 cm³/mol. The highest BCUT2D eigenvalue weighted by Gasteiger charge is 2.77. The Labute approximate surface area is 265 Å². The summed E-state index contributed by atoms with van der Waals surface area (Å²) >= 11 is 1.67. The summed E-state index contributed by atoms with van der Waals surface area (Å²) in [6.45, 7) is 11.1. The number of hydrogen-bond acceptors (Lipinski definition) is 7. The van der Waals surface area contributed by atoms with E-state index in [4.69, 9.17) is 4.74 Å². The van der Waals surface area contributed by atoms with Gasteiger partial charge in [-0.1, -0.05) is 0 Å². The number of fused-ring (bicyclic) bond motifs is 1. The molecule has 3 N–H and O–H groups in total. The summed E-state index contributed by atoms with van der Waals surface area (Å²) in [5, 5.41) is 15.5. The number of thioether (sulfide) groups is 1. The predicted octanol–water partition coefficient (Wildman–Crippen LogP) is 5.15. The molecule has 3 amide bonds. The highest BCUT2D eigenvalue weighted by Crippen LogP contribution is 2.71. The van der Waals surface area contributed by atoms with Gasteiger partial charge in [-0.05, 0) is 108 Å². The summed E-state index contributed by atoms with van der Waals surface area (Å²) in [5.41, 5.74) is 2.43. The first-order chi connectivity index (χ1) is 21.2. The Bertz CT molecular complexity index is 1330. The van der Waals surface area contributed by atoms with Crippen LogP contribution in [-0.2, 0) is 14.4 Å². The molecule has 9 nitrogen and oxygen atoms in total. The Morgan fingerprint density at radius 1 is 0.955 bits per heavy atom. The molecule has 3 heterocycles. The van der Waals surface area contributed by atoms with Gasteiger partial charge in [-0.3, -0.25) is 14.4 Å². The molecule has 0 aromatic heterocycles. The van der Waals surface area contributed by atoms with Gasteiger partial charge in [0.2, 0.25) is 17.7 Å². The number of carbonyl (C=O) groups is 3. The summed E-state index contributed by atoms with van der Waals surface area (Å²) in [6, 6.07) is 14.4. The minimum atomic E-state index is -0.688. The number of rotatable bonds is 14. The highest BCUT2D eigenvalue weighted by molar-refractivity contribution is 8.02. The van der Waals surface area contributed by atoms with Crippen LogP contribution in [0.4, 0.5) is 17.1 Å². The fourth-order valence-corrected chi connectivity index (χ4v) is 9.87. The lowest BCUT2D eigenvalue weighted by Crippen LogP contribution is -2.51. The number of benzene rings is 2. The number of ether oxygens (including phenoxy) is 1. The Morgan fingerprint density at radius 2 is 1.59 bits per heavy atom. The first-order valence-electron chi connectivity index (χ1n) is 16.0. The lowest BCUT2D eigenvalue weighted by Gasteiger charge is -2.35. The summed E-state index contributed by atoms with van der Waals surface area (Å²) < 4.78 is 4.39. The second-order valence-corrected chi connectivity index (χ2v) is 14.1. The van der Waals surface area contributed by atoms with Gasteiger partial charge in [0.1, 0.15) is 11.8 Å². The summed E-state index contributed by atoms with van der Waals surface area (Å²) in [5.74, 6) is -0.931. The maximum absolute atomic E-state index is 14.3. The number of amides is 3. The highest BCUT2D eigenvalue weighted by atomic mass is 32.2. The van der Waals surface area contributed by atoms with Gasteiger partial charge < -0.3 is 30.3 Å². The van der Waals surface area contributed by atoms with Crippen molar-refractivity contribution in [2.24, 2.45) is 11.8 Å². The van der Waals surface area contributed by atoms with Gasteiger partial charge in [0.15, 0.2) is 0 Å². The molecule has 3 aliphatic heterocycles. The van der Waals surface area contributed by atoms with Crippen LogP contribution in [0.1, 0.15) is 59.8 Å². The number of aliphatic hydroxyl groups excluding tert-OH is 1. The Morgan fingerprint density at radius 3 is 2.20 bits per heavy atom. The van der Waals surface area contributed by atoms with Crippen LogP contribution in [0.15, 0.2) is 48.5 Å². The number of aliphatic hydroxyl groups is 1. The molecular formula is C34H46N4O5S. The summed E-state index contributed by atoms with van der Waals surface area (Å²) in [4.78, 5) is 46.4. The fourth-order valence-electron chi connectivity index (χ4n) is 7.51. The van der Waals surface area contributed by atoms with Gasteiger partial charge >= 0.3 is 0 Å². The van der Waals surface area contributed by atoms with E-state index in [1.165, 1.54) is 0 Å². The fraction of sp³-hybridized carbons (Fsp3) is 0.559. The van der Waals surface area contributed by atoms with Gasteiger partial charge in [0.25, 0.3) is 0 Å². The molecule has 238 valence electrons. The first-order valence-corrected chi connectivity index (χ1v) is 16.8. The second-order valence-electron chi connectivity index (χ2n) is 12.2. The van der Waals surface area contributed by atoms with E-state index >= 15 is 0 Å². The van der Waals surface area contributed by atoms with Crippen molar-refractivity contribution in [2.45, 2.75) is 75.3 Å². The van der Waals surface area contributed by atoms with Crippen LogP contribution < -0.4 is 20.3 Å². The molecule has 3 aliphatic rings. The third kappa shape index (κ3) is 5.90. The largest absolute Gasteiger partial charge is 0.494 e. The average molecular weight is 623 g/mol. The van der Waals surface area contributed by atoms with Gasteiger partial charge in [-0.2, -0.15) is 0 Å². The average Bonchev–Trinajstić information content (AvgIpc) is 3.58. The molecule has 0 radical (unpaired) electrons. The number of nitrogens with one attached hydrogen (secondary N) is 2. The molecule has 1 spiro atoms. The molecule has 5 rings (SSSR count). The summed E-state index contributed by atoms with van der Waals surface area (Å²) in [7, 11) is 0. The lowest BCUT2D eigenvalue weighted by molar-refractivity contribution is -0.139. The van der Waals surface area contributed by atoms with Crippen molar-refractivity contribution >= 4 is 46.5 Å². The van der Waals surface area contributed by atoms with Crippen molar-refractivity contribution in [3.63, 3.8) is 0 Å². The molecule has 0 aliphatic carbocycles. The first kappa shape index (κ1) is 32.2. The van der Waals surface area contributed by atoms with Crippen molar-refractivity contribution in [2.75, 3.05) is 48.4 Å². The maximum atomic E-state index is 14.3. The third-order valence-electron chi connectivity index (χ3n) is 9.56. The Balaban J connectivity index is 1.41. The molecule has 2 aromatic carbocycles. The van der Waals surface area contributed by atoms with Crippen molar-refractivity contribution in [3.8, 4) is 5.75 Å². The minimum Gasteiger partial charge on any atom is -0.494 e. The molecule has 3 fully saturated rings. The van der Waals surface area contributed by atoms with E-state index in [9.17, 15) is 19.5 Å². The number of nitrogens with zero attached hydrogens (tertiary/aromatic N) is 2. The zero-order valence-corrected chi connectivity index (χ0v) is 27.1. The van der Waals surface area contributed by atoms with E-state index in [1.807, 2.05) is 55.5 Å². The van der Waals surface area contributed by atoms with Crippen LogP contribution in [-0.4, -0.2) is 76.1 Å². The smallest absolute Gasteiger partial charge is 0.248 e. The summed E-state index contributed by atoms with van der Waals surface area (Å²) in [6.07, 6.45) is 3.54. The standard InChI is InChI=1S/C34H46N4O5S/c1-5-37(6-2)25-15-11-23(12-16-25)36-31(41)29-34-20-19-33(4,44-34)27(28(34)32(42)38(29)21-9-8-10-22-39)30(40)35-24-13-17-26(18-14-24)43-7-3/h11-18,27-29,39H,5-10,19-22H2,1-4H3,(H,35,40)(H,36,41)/t27-,28-,29?,33+,34?/m0/s1. The van der Waals surface area contributed by atoms with E-state index < -0.39 is 27.4 Å². The van der Waals surface area contributed by atoms with Crippen LogP contribution in [0.5, 0.6) is 5.75 Å². The Kier molecular flexibility index (Phi) is 9.80. The van der Waals surface area contributed by atoms with E-state index in [0.717, 1.165) is 37.4 Å². The SMILES string of the molecule is CCOc1ccc(NC(=O)[C@@H]2[C@H]3C(=O)N(CCCCCO)C(C(=O)Nc4ccc(N(CC)CC)cc4)C34CC[C@@]2(C)S4)cc1. The number of unbranched alkanes of at least 4 members (excludes halogenated alkanes) is 2. The molecule has 2 unspecified atom stereocenters. The van der Waals surface area contributed by atoms with Gasteiger partial charge in [-0.15, -0.1) is 11.8 Å². The quantitative estimate of drug-likeness (QED) is 0.250. The topological polar surface area (TPSA) is 111 Å². The monoisotopic (exact) mass is 622 g/mol. The van der Waals surface area contributed by atoms with Gasteiger partial charge in [-0.25, -0.2) is 0 Å². The molecule has 2 bridgehead atoms. The van der Waals surface area contributed by atoms with Crippen molar-refractivity contribution in [1.82, 2.24) is 4.90 Å². The zero-order chi connectivity index (χ0) is 31.5. The lowest BCUT2D eigenvalue weighted by atomic mass is 9.66. The van der Waals surface area contributed by atoms with Crippen molar-refractivity contribution in [1.29, 1.82) is 0 Å². The molecule has 3 saturated heterocycles. The maximum Gasteiger partial charge on any atom is 0.248 e. The number of likely N-dealkylation sites (tertiary alicyclic amines) is 1. The molecule has 44 heavy (non-hydrogen) atoms. The molecule has 0 saturated carbocycles. The van der Waals surface area contributed by atoms with Crippen molar-refractivity contribution in [3.05, 3.63) is 48.5 Å². The minimum absolute atomic E-state index is 0.0932. The molecular weight excluding hydrogens is 576 g/mol. The number of hydrogen-bond donors (Lipinski definition) is 3. The van der Waals surface area contributed by atoms with Crippen molar-refractivity contribution < 1.29 is 24.2 Å². The van der Waals surface area contributed by atoms with Crippen LogP contribution in [0.2, 0.25) is 0 Å². The van der Waals surface area contributed by atoms with E-state index in [1.54, 1.807) is 16.7 Å². The number of anilines is 3. The normalized spacial score (nSPS) is 26.9. The van der Waals surface area contributed by atoms with E-state index in [-0.39, 0.29) is 24.3 Å². The van der Waals surface area contributed by atoms with E-state index in [2.05, 4.69) is 36.3 Å². The molecule has 5 atom stereocenters. The van der Waals surface area contributed by atoms with Gasteiger partial charge in [0, 0.05) is 48.1 Å². The Hall–Kier alpha value is -3.24. The van der Waals surface area contributed by atoms with Gasteiger partial charge in [0.05, 0.1) is 23.2 Å². The number of carbonyl (C=O) groups excluding carboxylic acids is 3. The van der Waals surface area contributed by atoms with E-state index in [0.29, 0.717) is 43.8 Å². The van der Waals surface area contributed by atoms with Crippen LogP contribution in [0, 0.1) is 11.8 Å². The zero-order valence-electron chi connectivity index (χ0n) is 26.3. The van der Waals surface area contributed by atoms with Crippen LogP contribution in [0.3, 0.4) is 0 Å².